The number of ether oxygens (including phenoxy) is 5. The zero-order chi connectivity index (χ0) is 23.5. The fourth-order valence-corrected chi connectivity index (χ4v) is 4.54. The van der Waals surface area contributed by atoms with Crippen molar-refractivity contribution in [3.8, 4) is 28.7 Å². The number of fused-ring (bicyclic) bond motifs is 2. The molecule has 0 aliphatic carbocycles. The highest BCUT2D eigenvalue weighted by Gasteiger charge is 2.28. The van der Waals surface area contributed by atoms with E-state index in [1.165, 1.54) is 5.56 Å². The van der Waals surface area contributed by atoms with E-state index in [1.54, 1.807) is 14.2 Å². The van der Waals surface area contributed by atoms with Gasteiger partial charge >= 0.3 is 0 Å². The highest BCUT2D eigenvalue weighted by Crippen LogP contribution is 2.46. The Morgan fingerprint density at radius 1 is 1.00 bits per heavy atom. The smallest absolute Gasteiger partial charge is 0.231 e. The van der Waals surface area contributed by atoms with E-state index < -0.39 is 0 Å². The molecule has 0 aromatic heterocycles. The fourth-order valence-electron chi connectivity index (χ4n) is 4.54. The van der Waals surface area contributed by atoms with E-state index in [9.17, 15) is 0 Å². The minimum atomic E-state index is -0.0272. The summed E-state index contributed by atoms with van der Waals surface area (Å²) in [5.74, 6) is 3.58. The Bertz CT molecular complexity index is 1210. The van der Waals surface area contributed by atoms with Gasteiger partial charge in [-0.25, -0.2) is 0 Å². The number of hydrogen-bond donors (Lipinski definition) is 1. The molecule has 0 saturated carbocycles. The van der Waals surface area contributed by atoms with E-state index >= 15 is 0 Å². The Labute approximate surface area is 200 Å². The van der Waals surface area contributed by atoms with Crippen molar-refractivity contribution in [1.82, 2.24) is 5.32 Å². The Hall–Kier alpha value is -3.64. The van der Waals surface area contributed by atoms with Gasteiger partial charge in [-0.2, -0.15) is 0 Å². The van der Waals surface area contributed by atoms with Gasteiger partial charge in [0.15, 0.2) is 23.0 Å². The van der Waals surface area contributed by atoms with Gasteiger partial charge < -0.3 is 29.0 Å². The molecular formula is C28H29NO5. The molecule has 0 fully saturated rings. The summed E-state index contributed by atoms with van der Waals surface area (Å²) in [5, 5.41) is 3.60. The van der Waals surface area contributed by atoms with Crippen LogP contribution in [0.15, 0.2) is 54.6 Å². The molecule has 3 aromatic rings. The van der Waals surface area contributed by atoms with Gasteiger partial charge in [0.2, 0.25) is 12.5 Å². The minimum Gasteiger partial charge on any atom is -0.492 e. The second kappa shape index (κ2) is 9.69. The van der Waals surface area contributed by atoms with Crippen LogP contribution in [0.4, 0.5) is 0 Å². The highest BCUT2D eigenvalue weighted by molar-refractivity contribution is 5.65. The summed E-state index contributed by atoms with van der Waals surface area (Å²) in [6.07, 6.45) is 5.16. The van der Waals surface area contributed by atoms with E-state index in [-0.39, 0.29) is 12.8 Å². The number of hydrogen-bond acceptors (Lipinski definition) is 6. The van der Waals surface area contributed by atoms with Gasteiger partial charge in [0, 0.05) is 12.1 Å². The summed E-state index contributed by atoms with van der Waals surface area (Å²) < 4.78 is 28.9. The summed E-state index contributed by atoms with van der Waals surface area (Å²) in [6.45, 7) is 3.66. The third-order valence-electron chi connectivity index (χ3n) is 6.27. The van der Waals surface area contributed by atoms with Crippen molar-refractivity contribution in [3.63, 3.8) is 0 Å². The van der Waals surface area contributed by atoms with Crippen molar-refractivity contribution in [3.05, 3.63) is 82.4 Å². The fraction of sp³-hybridized carbons (Fsp3) is 0.286. The van der Waals surface area contributed by atoms with Gasteiger partial charge in [-0.3, -0.25) is 0 Å². The predicted octanol–water partition coefficient (Wildman–Crippen LogP) is 5.22. The minimum absolute atomic E-state index is 0.0272. The molecule has 1 unspecified atom stereocenters. The molecule has 0 amide bonds. The van der Waals surface area contributed by atoms with Gasteiger partial charge in [-0.05, 0) is 53.8 Å². The standard InChI is InChI=1S/C28H29NO5/c1-18-13-23-24(34-17-33-23)14-20(18)9-10-22-26-21(11-12-29-22)15-25(27(30-2)28(26)31-3)32-16-19-7-5-4-6-8-19/h4-10,13-15,22,29H,11-12,16-17H2,1-3H3/b10-9+. The van der Waals surface area contributed by atoms with Crippen molar-refractivity contribution in [2.45, 2.75) is 26.0 Å². The second-order valence-electron chi connectivity index (χ2n) is 8.39. The third-order valence-corrected chi connectivity index (χ3v) is 6.27. The molecule has 2 heterocycles. The zero-order valence-electron chi connectivity index (χ0n) is 19.7. The van der Waals surface area contributed by atoms with Gasteiger partial charge in [-0.15, -0.1) is 0 Å². The molecule has 0 bridgehead atoms. The molecule has 0 saturated heterocycles. The van der Waals surface area contributed by atoms with Crippen molar-refractivity contribution < 1.29 is 23.7 Å². The lowest BCUT2D eigenvalue weighted by Crippen LogP contribution is -2.29. The van der Waals surface area contributed by atoms with Gasteiger partial charge in [0.1, 0.15) is 6.61 Å². The third kappa shape index (κ3) is 4.29. The van der Waals surface area contributed by atoms with Crippen molar-refractivity contribution in [1.29, 1.82) is 0 Å². The molecule has 5 rings (SSSR count). The summed E-state index contributed by atoms with van der Waals surface area (Å²) in [5.41, 5.74) is 5.59. The summed E-state index contributed by atoms with van der Waals surface area (Å²) in [4.78, 5) is 0. The first-order chi connectivity index (χ1) is 16.7. The monoisotopic (exact) mass is 459 g/mol. The normalized spacial score (nSPS) is 16.4. The average Bonchev–Trinajstić information content (AvgIpc) is 3.32. The van der Waals surface area contributed by atoms with Gasteiger partial charge in [0.05, 0.1) is 20.3 Å². The van der Waals surface area contributed by atoms with Crippen LogP contribution in [-0.2, 0) is 13.0 Å². The summed E-state index contributed by atoms with van der Waals surface area (Å²) in [7, 11) is 3.33. The van der Waals surface area contributed by atoms with E-state index in [0.717, 1.165) is 46.7 Å². The highest BCUT2D eigenvalue weighted by atomic mass is 16.7. The van der Waals surface area contributed by atoms with Crippen molar-refractivity contribution >= 4 is 6.08 Å². The quantitative estimate of drug-likeness (QED) is 0.523. The number of nitrogens with one attached hydrogen (secondary N) is 1. The first-order valence-electron chi connectivity index (χ1n) is 11.4. The van der Waals surface area contributed by atoms with Crippen LogP contribution in [-0.4, -0.2) is 27.6 Å². The number of benzene rings is 3. The topological polar surface area (TPSA) is 58.2 Å². The first-order valence-corrected chi connectivity index (χ1v) is 11.4. The molecule has 2 aliphatic heterocycles. The Morgan fingerprint density at radius 3 is 2.53 bits per heavy atom. The average molecular weight is 460 g/mol. The molecule has 6 heteroatoms. The Morgan fingerprint density at radius 2 is 1.76 bits per heavy atom. The van der Waals surface area contributed by atoms with Crippen LogP contribution in [0.3, 0.4) is 0 Å². The lowest BCUT2D eigenvalue weighted by molar-refractivity contribution is 0.174. The lowest BCUT2D eigenvalue weighted by atomic mass is 9.91. The largest absolute Gasteiger partial charge is 0.492 e. The lowest BCUT2D eigenvalue weighted by Gasteiger charge is -2.29. The van der Waals surface area contributed by atoms with Crippen LogP contribution in [0, 0.1) is 6.92 Å². The summed E-state index contributed by atoms with van der Waals surface area (Å²) in [6, 6.07) is 16.2. The maximum atomic E-state index is 6.18. The zero-order valence-corrected chi connectivity index (χ0v) is 19.7. The van der Waals surface area contributed by atoms with Gasteiger partial charge in [0.25, 0.3) is 0 Å². The molecule has 0 radical (unpaired) electrons. The van der Waals surface area contributed by atoms with E-state index in [1.807, 2.05) is 42.5 Å². The SMILES string of the molecule is COc1c(OCc2ccccc2)cc2c(c1OC)C(/C=C/c1cc3c(cc1C)OCO3)NCC2. The molecule has 34 heavy (non-hydrogen) atoms. The Kier molecular flexibility index (Phi) is 6.32. The number of aryl methyl sites for hydroxylation is 1. The molecular weight excluding hydrogens is 430 g/mol. The maximum Gasteiger partial charge on any atom is 0.231 e. The van der Waals surface area contributed by atoms with Gasteiger partial charge in [-0.1, -0.05) is 42.5 Å². The van der Waals surface area contributed by atoms with Crippen LogP contribution >= 0.6 is 0 Å². The van der Waals surface area contributed by atoms with E-state index in [2.05, 4.69) is 30.5 Å². The molecule has 2 aliphatic rings. The molecule has 1 N–H and O–H groups in total. The summed E-state index contributed by atoms with van der Waals surface area (Å²) >= 11 is 0. The molecule has 6 nitrogen and oxygen atoms in total. The molecule has 0 spiro atoms. The van der Waals surface area contributed by atoms with Crippen LogP contribution in [0.1, 0.15) is 33.9 Å². The number of methoxy groups -OCH3 is 2. The molecule has 3 aromatic carbocycles. The predicted molar refractivity (Wildman–Crippen MR) is 131 cm³/mol. The van der Waals surface area contributed by atoms with Crippen LogP contribution < -0.4 is 29.0 Å². The van der Waals surface area contributed by atoms with E-state index in [4.69, 9.17) is 23.7 Å². The van der Waals surface area contributed by atoms with Crippen molar-refractivity contribution in [2.24, 2.45) is 0 Å². The molecule has 1 atom stereocenters. The van der Waals surface area contributed by atoms with Crippen molar-refractivity contribution in [2.75, 3.05) is 27.6 Å². The number of rotatable bonds is 7. The molecule has 176 valence electrons. The Balaban J connectivity index is 1.47. The van der Waals surface area contributed by atoms with E-state index in [0.29, 0.717) is 23.9 Å². The second-order valence-corrected chi connectivity index (χ2v) is 8.39. The first kappa shape index (κ1) is 22.2. The maximum absolute atomic E-state index is 6.18. The van der Waals surface area contributed by atoms with Crippen LogP contribution in [0.2, 0.25) is 0 Å². The van der Waals surface area contributed by atoms with Crippen LogP contribution in [0.5, 0.6) is 28.7 Å². The van der Waals surface area contributed by atoms with Crippen LogP contribution in [0.25, 0.3) is 6.08 Å².